The molecule has 0 rings (SSSR count). The molecule has 4 nitrogen and oxygen atoms in total. The average molecular weight is 704 g/mol. The summed E-state index contributed by atoms with van der Waals surface area (Å²) in [7, 11) is 0. The molecule has 2 atom stereocenters. The van der Waals surface area contributed by atoms with E-state index in [1.165, 1.54) is 186 Å². The van der Waals surface area contributed by atoms with Crippen LogP contribution < -0.4 is 5.32 Å². The number of rotatable bonds is 41. The Morgan fingerprint density at radius 3 is 1.20 bits per heavy atom. The zero-order valence-electron chi connectivity index (χ0n) is 33.9. The maximum Gasteiger partial charge on any atom is 0.220 e. The molecule has 0 heterocycles. The van der Waals surface area contributed by atoms with Crippen LogP contribution in [0, 0.1) is 0 Å². The van der Waals surface area contributed by atoms with Gasteiger partial charge in [0.05, 0.1) is 18.8 Å². The normalized spacial score (nSPS) is 13.1. The first-order chi connectivity index (χ1) is 24.7. The summed E-state index contributed by atoms with van der Waals surface area (Å²) < 4.78 is 0. The van der Waals surface area contributed by atoms with Gasteiger partial charge >= 0.3 is 0 Å². The molecular weight excluding hydrogens is 615 g/mol. The molecule has 0 radical (unpaired) electrons. The van der Waals surface area contributed by atoms with Crippen LogP contribution in [0.15, 0.2) is 24.3 Å². The maximum absolute atomic E-state index is 12.4. The van der Waals surface area contributed by atoms with Crippen LogP contribution in [0.4, 0.5) is 0 Å². The Kier molecular flexibility index (Phi) is 41.3. The first kappa shape index (κ1) is 48.9. The van der Waals surface area contributed by atoms with Gasteiger partial charge in [0.25, 0.3) is 0 Å². The number of hydrogen-bond donors (Lipinski definition) is 3. The second-order valence-corrected chi connectivity index (χ2v) is 15.5. The Bertz CT molecular complexity index is 720. The van der Waals surface area contributed by atoms with E-state index in [9.17, 15) is 15.0 Å². The molecule has 0 aliphatic rings. The van der Waals surface area contributed by atoms with Crippen LogP contribution in [0.2, 0.25) is 0 Å². The Labute approximate surface area is 313 Å². The fourth-order valence-corrected chi connectivity index (χ4v) is 6.98. The van der Waals surface area contributed by atoms with Crippen molar-refractivity contribution in [1.82, 2.24) is 5.32 Å². The van der Waals surface area contributed by atoms with Crippen LogP contribution in [-0.2, 0) is 4.79 Å². The third kappa shape index (κ3) is 38.1. The van der Waals surface area contributed by atoms with E-state index in [0.29, 0.717) is 12.8 Å². The lowest BCUT2D eigenvalue weighted by Gasteiger charge is -2.22. The monoisotopic (exact) mass is 704 g/mol. The highest BCUT2D eigenvalue weighted by atomic mass is 16.3. The van der Waals surface area contributed by atoms with Crippen molar-refractivity contribution in [2.45, 2.75) is 257 Å². The van der Waals surface area contributed by atoms with E-state index in [-0.39, 0.29) is 12.5 Å². The fourth-order valence-electron chi connectivity index (χ4n) is 6.98. The van der Waals surface area contributed by atoms with E-state index in [1.807, 2.05) is 0 Å². The van der Waals surface area contributed by atoms with Gasteiger partial charge in [0.15, 0.2) is 0 Å². The lowest BCUT2D eigenvalue weighted by Crippen LogP contribution is -2.45. The van der Waals surface area contributed by atoms with Crippen molar-refractivity contribution in [3.63, 3.8) is 0 Å². The molecule has 0 spiro atoms. The summed E-state index contributed by atoms with van der Waals surface area (Å²) in [5.41, 5.74) is 0. The highest BCUT2D eigenvalue weighted by Crippen LogP contribution is 2.16. The Morgan fingerprint density at radius 2 is 0.820 bits per heavy atom. The number of amides is 1. The van der Waals surface area contributed by atoms with Crippen molar-refractivity contribution in [3.8, 4) is 0 Å². The molecule has 0 aliphatic carbocycles. The zero-order chi connectivity index (χ0) is 36.4. The number of unbranched alkanes of at least 4 members (excludes halogenated alkanes) is 30. The molecule has 0 aromatic heterocycles. The molecule has 0 aliphatic heterocycles. The standard InChI is InChI=1S/C46H89NO3/c1-3-5-7-9-11-13-15-16-17-18-19-20-21-22-23-24-25-26-27-28-29-30-32-34-36-38-40-42-46(50)47-44(43-48)45(49)41-39-37-35-33-31-14-12-10-8-6-4-2/h15-16,18-19,44-45,48-49H,3-14,17,20-43H2,1-2H3,(H,47,50)/b16-15-,19-18-. The minimum atomic E-state index is -0.655. The van der Waals surface area contributed by atoms with Crippen molar-refractivity contribution in [2.24, 2.45) is 0 Å². The smallest absolute Gasteiger partial charge is 0.220 e. The van der Waals surface area contributed by atoms with Gasteiger partial charge in [0.2, 0.25) is 5.91 Å². The molecule has 0 fully saturated rings. The number of hydrogen-bond acceptors (Lipinski definition) is 3. The van der Waals surface area contributed by atoms with Gasteiger partial charge in [0, 0.05) is 6.42 Å². The predicted molar refractivity (Wildman–Crippen MR) is 221 cm³/mol. The molecule has 4 heteroatoms. The number of carbonyl (C=O) groups excluding carboxylic acids is 1. The van der Waals surface area contributed by atoms with Crippen LogP contribution in [0.25, 0.3) is 0 Å². The van der Waals surface area contributed by atoms with E-state index in [4.69, 9.17) is 0 Å². The Morgan fingerprint density at radius 1 is 0.480 bits per heavy atom. The lowest BCUT2D eigenvalue weighted by atomic mass is 10.0. The molecule has 0 saturated carbocycles. The highest BCUT2D eigenvalue weighted by Gasteiger charge is 2.20. The number of aliphatic hydroxyl groups is 2. The second-order valence-electron chi connectivity index (χ2n) is 15.5. The molecule has 1 amide bonds. The first-order valence-electron chi connectivity index (χ1n) is 22.5. The summed E-state index contributed by atoms with van der Waals surface area (Å²) in [6, 6.07) is -0.532. The van der Waals surface area contributed by atoms with Crippen molar-refractivity contribution in [1.29, 1.82) is 0 Å². The first-order valence-corrected chi connectivity index (χ1v) is 22.5. The highest BCUT2D eigenvalue weighted by molar-refractivity contribution is 5.76. The van der Waals surface area contributed by atoms with Gasteiger partial charge in [-0.25, -0.2) is 0 Å². The Hall–Kier alpha value is -1.13. The quantitative estimate of drug-likeness (QED) is 0.0438. The van der Waals surface area contributed by atoms with Gasteiger partial charge in [0.1, 0.15) is 0 Å². The number of carbonyl (C=O) groups is 1. The van der Waals surface area contributed by atoms with Gasteiger partial charge in [-0.3, -0.25) is 4.79 Å². The van der Waals surface area contributed by atoms with E-state index in [0.717, 1.165) is 32.1 Å². The number of aliphatic hydroxyl groups excluding tert-OH is 2. The summed E-state index contributed by atoms with van der Waals surface area (Å²) in [6.07, 6.45) is 54.1. The van der Waals surface area contributed by atoms with Gasteiger partial charge in [-0.15, -0.1) is 0 Å². The average Bonchev–Trinajstić information content (AvgIpc) is 3.12. The molecule has 2 unspecified atom stereocenters. The predicted octanol–water partition coefficient (Wildman–Crippen LogP) is 14.0. The fraction of sp³-hybridized carbons (Fsp3) is 0.891. The molecule has 296 valence electrons. The molecule has 0 saturated heterocycles. The van der Waals surface area contributed by atoms with Crippen molar-refractivity contribution in [2.75, 3.05) is 6.61 Å². The maximum atomic E-state index is 12.4. The Balaban J connectivity index is 3.44. The molecular formula is C46H89NO3. The van der Waals surface area contributed by atoms with E-state index in [2.05, 4.69) is 43.5 Å². The minimum Gasteiger partial charge on any atom is -0.394 e. The summed E-state index contributed by atoms with van der Waals surface area (Å²) in [5.74, 6) is -0.0309. The summed E-state index contributed by atoms with van der Waals surface area (Å²) in [4.78, 5) is 12.4. The second kappa shape index (κ2) is 42.3. The van der Waals surface area contributed by atoms with Gasteiger partial charge in [-0.05, 0) is 44.9 Å². The summed E-state index contributed by atoms with van der Waals surface area (Å²) in [6.45, 7) is 4.35. The van der Waals surface area contributed by atoms with E-state index >= 15 is 0 Å². The third-order valence-electron chi connectivity index (χ3n) is 10.5. The summed E-state index contributed by atoms with van der Waals surface area (Å²) in [5, 5.41) is 23.1. The molecule has 0 bridgehead atoms. The SMILES string of the molecule is CCCCCCC/C=C\C/C=C\CCCCCCCCCCCCCCCCCC(=O)NC(CO)C(O)CCCCCCCCCCCCC. The molecule has 0 aromatic rings. The van der Waals surface area contributed by atoms with Crippen LogP contribution in [0.3, 0.4) is 0 Å². The number of nitrogens with one attached hydrogen (secondary N) is 1. The lowest BCUT2D eigenvalue weighted by molar-refractivity contribution is -0.123. The third-order valence-corrected chi connectivity index (χ3v) is 10.5. The van der Waals surface area contributed by atoms with Crippen LogP contribution in [-0.4, -0.2) is 34.9 Å². The van der Waals surface area contributed by atoms with Crippen LogP contribution in [0.1, 0.15) is 245 Å². The largest absolute Gasteiger partial charge is 0.394 e. The van der Waals surface area contributed by atoms with Gasteiger partial charge < -0.3 is 15.5 Å². The zero-order valence-corrected chi connectivity index (χ0v) is 33.9. The van der Waals surface area contributed by atoms with E-state index in [1.54, 1.807) is 0 Å². The molecule has 3 N–H and O–H groups in total. The van der Waals surface area contributed by atoms with Gasteiger partial charge in [-0.1, -0.05) is 218 Å². The molecule has 0 aromatic carbocycles. The topological polar surface area (TPSA) is 69.6 Å². The van der Waals surface area contributed by atoms with Crippen molar-refractivity contribution >= 4 is 5.91 Å². The van der Waals surface area contributed by atoms with Crippen LogP contribution >= 0.6 is 0 Å². The molecule has 50 heavy (non-hydrogen) atoms. The van der Waals surface area contributed by atoms with Crippen molar-refractivity contribution < 1.29 is 15.0 Å². The number of allylic oxidation sites excluding steroid dienone is 4. The van der Waals surface area contributed by atoms with Crippen molar-refractivity contribution in [3.05, 3.63) is 24.3 Å². The van der Waals surface area contributed by atoms with Crippen LogP contribution in [0.5, 0.6) is 0 Å². The van der Waals surface area contributed by atoms with Gasteiger partial charge in [-0.2, -0.15) is 0 Å². The minimum absolute atomic E-state index is 0.0309. The van der Waals surface area contributed by atoms with E-state index < -0.39 is 12.1 Å². The summed E-state index contributed by atoms with van der Waals surface area (Å²) >= 11 is 0.